The molecular formula is C17H36N4O. The molecule has 0 bridgehead atoms. The predicted octanol–water partition coefficient (Wildman–Crippen LogP) is 2.23. The quantitative estimate of drug-likeness (QED) is 0.369. The molecule has 0 aromatic heterocycles. The van der Waals surface area contributed by atoms with Gasteiger partial charge in [-0.3, -0.25) is 4.99 Å². The summed E-state index contributed by atoms with van der Waals surface area (Å²) in [5, 5.41) is 6.78. The Morgan fingerprint density at radius 1 is 1.05 bits per heavy atom. The van der Waals surface area contributed by atoms with E-state index in [1.807, 2.05) is 6.92 Å². The van der Waals surface area contributed by atoms with Crippen LogP contribution in [0.5, 0.6) is 0 Å². The van der Waals surface area contributed by atoms with Gasteiger partial charge in [0, 0.05) is 39.4 Å². The van der Waals surface area contributed by atoms with E-state index in [9.17, 15) is 0 Å². The number of hydrogen-bond acceptors (Lipinski definition) is 3. The molecule has 1 fully saturated rings. The molecule has 5 heteroatoms. The minimum absolute atomic E-state index is 0.809. The van der Waals surface area contributed by atoms with Crippen LogP contribution in [-0.2, 0) is 4.74 Å². The van der Waals surface area contributed by atoms with Gasteiger partial charge < -0.3 is 20.3 Å². The number of likely N-dealkylation sites (tertiary alicyclic amines) is 1. The van der Waals surface area contributed by atoms with Crippen LogP contribution in [0, 0.1) is 0 Å². The second-order valence-corrected chi connectivity index (χ2v) is 5.85. The van der Waals surface area contributed by atoms with Crippen LogP contribution in [0.3, 0.4) is 0 Å². The summed E-state index contributed by atoms with van der Waals surface area (Å²) in [6, 6.07) is 0. The van der Waals surface area contributed by atoms with Crippen LogP contribution in [0.25, 0.3) is 0 Å². The first-order valence-electron chi connectivity index (χ1n) is 9.19. The summed E-state index contributed by atoms with van der Waals surface area (Å²) in [5.41, 5.74) is 0. The summed E-state index contributed by atoms with van der Waals surface area (Å²) in [4.78, 5) is 7.21. The van der Waals surface area contributed by atoms with Crippen molar-refractivity contribution in [2.75, 3.05) is 52.5 Å². The minimum Gasteiger partial charge on any atom is -0.382 e. The summed E-state index contributed by atoms with van der Waals surface area (Å²) in [6.45, 7) is 12.2. The number of nitrogens with zero attached hydrogens (tertiary/aromatic N) is 2. The Hall–Kier alpha value is -0.810. The molecule has 1 rings (SSSR count). The maximum absolute atomic E-state index is 5.35. The molecule has 2 N–H and O–H groups in total. The molecular weight excluding hydrogens is 276 g/mol. The van der Waals surface area contributed by atoms with E-state index in [2.05, 4.69) is 27.4 Å². The number of hydrogen-bond donors (Lipinski definition) is 2. The Bertz CT molecular complexity index is 276. The fourth-order valence-corrected chi connectivity index (χ4v) is 2.69. The zero-order valence-electron chi connectivity index (χ0n) is 14.7. The zero-order chi connectivity index (χ0) is 15.9. The molecule has 1 aliphatic rings. The molecule has 0 aliphatic carbocycles. The number of ether oxygens (including phenoxy) is 1. The van der Waals surface area contributed by atoms with Crippen LogP contribution in [-0.4, -0.2) is 63.3 Å². The molecule has 130 valence electrons. The number of guanidine groups is 1. The molecule has 0 aromatic carbocycles. The van der Waals surface area contributed by atoms with Crippen LogP contribution in [0.4, 0.5) is 0 Å². The summed E-state index contributed by atoms with van der Waals surface area (Å²) in [6.07, 6.45) is 7.68. The largest absolute Gasteiger partial charge is 0.382 e. The molecule has 0 radical (unpaired) electrons. The van der Waals surface area contributed by atoms with Gasteiger partial charge in [0.05, 0.1) is 0 Å². The third-order valence-corrected chi connectivity index (χ3v) is 3.93. The lowest BCUT2D eigenvalue weighted by atomic mass is 10.2. The van der Waals surface area contributed by atoms with E-state index < -0.39 is 0 Å². The van der Waals surface area contributed by atoms with E-state index in [0.29, 0.717) is 0 Å². The van der Waals surface area contributed by atoms with Gasteiger partial charge in [0.25, 0.3) is 0 Å². The standard InChI is InChI=1S/C17H36N4O/c1-3-18-17(19-11-7-10-16-22-4-2)20-12-15-21-13-8-5-6-9-14-21/h3-16H2,1-2H3,(H2,18,19,20). The van der Waals surface area contributed by atoms with E-state index >= 15 is 0 Å². The first-order chi connectivity index (χ1) is 10.9. The van der Waals surface area contributed by atoms with E-state index in [1.54, 1.807) is 0 Å². The zero-order valence-corrected chi connectivity index (χ0v) is 14.7. The normalized spacial score (nSPS) is 17.3. The van der Waals surface area contributed by atoms with Crippen molar-refractivity contribution in [3.8, 4) is 0 Å². The van der Waals surface area contributed by atoms with Crippen molar-refractivity contribution in [1.82, 2.24) is 15.5 Å². The van der Waals surface area contributed by atoms with E-state index in [4.69, 9.17) is 4.74 Å². The second-order valence-electron chi connectivity index (χ2n) is 5.85. The monoisotopic (exact) mass is 312 g/mol. The van der Waals surface area contributed by atoms with Gasteiger partial charge >= 0.3 is 0 Å². The third kappa shape index (κ3) is 10.0. The van der Waals surface area contributed by atoms with Gasteiger partial charge in [-0.15, -0.1) is 0 Å². The third-order valence-electron chi connectivity index (χ3n) is 3.93. The van der Waals surface area contributed by atoms with Crippen molar-refractivity contribution in [3.05, 3.63) is 0 Å². The van der Waals surface area contributed by atoms with Gasteiger partial charge in [-0.25, -0.2) is 0 Å². The first-order valence-corrected chi connectivity index (χ1v) is 9.19. The lowest BCUT2D eigenvalue weighted by Gasteiger charge is -2.20. The van der Waals surface area contributed by atoms with Gasteiger partial charge in [-0.2, -0.15) is 0 Å². The highest BCUT2D eigenvalue weighted by Gasteiger charge is 2.08. The molecule has 0 aromatic rings. The maximum Gasteiger partial charge on any atom is 0.191 e. The Morgan fingerprint density at radius 2 is 1.82 bits per heavy atom. The number of aliphatic imine (C=N–C) groups is 1. The summed E-state index contributed by atoms with van der Waals surface area (Å²) >= 11 is 0. The van der Waals surface area contributed by atoms with Crippen LogP contribution < -0.4 is 10.6 Å². The molecule has 1 heterocycles. The van der Waals surface area contributed by atoms with Gasteiger partial charge in [0.15, 0.2) is 5.96 Å². The Balaban J connectivity index is 2.15. The molecule has 0 amide bonds. The smallest absolute Gasteiger partial charge is 0.191 e. The van der Waals surface area contributed by atoms with E-state index in [1.165, 1.54) is 38.8 Å². The topological polar surface area (TPSA) is 48.9 Å². The van der Waals surface area contributed by atoms with E-state index in [0.717, 1.165) is 58.2 Å². The van der Waals surface area contributed by atoms with Crippen molar-refractivity contribution in [1.29, 1.82) is 0 Å². The lowest BCUT2D eigenvalue weighted by molar-refractivity contribution is 0.144. The van der Waals surface area contributed by atoms with Crippen molar-refractivity contribution >= 4 is 5.96 Å². The molecule has 0 atom stereocenters. The minimum atomic E-state index is 0.809. The predicted molar refractivity (Wildman–Crippen MR) is 94.6 cm³/mol. The fourth-order valence-electron chi connectivity index (χ4n) is 2.69. The van der Waals surface area contributed by atoms with Crippen molar-refractivity contribution in [2.24, 2.45) is 4.99 Å². The first kappa shape index (κ1) is 19.2. The van der Waals surface area contributed by atoms with Crippen LogP contribution >= 0.6 is 0 Å². The lowest BCUT2D eigenvalue weighted by Crippen LogP contribution is -2.41. The molecule has 22 heavy (non-hydrogen) atoms. The number of rotatable bonds is 10. The molecule has 1 saturated heterocycles. The van der Waals surface area contributed by atoms with E-state index in [-0.39, 0.29) is 0 Å². The van der Waals surface area contributed by atoms with Crippen LogP contribution in [0.2, 0.25) is 0 Å². The highest BCUT2D eigenvalue weighted by atomic mass is 16.5. The molecule has 0 spiro atoms. The van der Waals surface area contributed by atoms with Gasteiger partial charge in [-0.1, -0.05) is 12.8 Å². The average Bonchev–Trinajstić information content (AvgIpc) is 2.79. The fraction of sp³-hybridized carbons (Fsp3) is 0.941. The maximum atomic E-state index is 5.35. The molecule has 0 saturated carbocycles. The van der Waals surface area contributed by atoms with Crippen LogP contribution in [0.1, 0.15) is 52.4 Å². The van der Waals surface area contributed by atoms with Crippen molar-refractivity contribution in [2.45, 2.75) is 52.4 Å². The second kappa shape index (κ2) is 13.8. The molecule has 5 nitrogen and oxygen atoms in total. The Morgan fingerprint density at radius 3 is 2.50 bits per heavy atom. The van der Waals surface area contributed by atoms with Gasteiger partial charge in [0.2, 0.25) is 0 Å². The summed E-state index contributed by atoms with van der Waals surface area (Å²) in [5.74, 6) is 0.953. The van der Waals surface area contributed by atoms with Crippen molar-refractivity contribution < 1.29 is 4.74 Å². The number of nitrogens with one attached hydrogen (secondary N) is 2. The summed E-state index contributed by atoms with van der Waals surface area (Å²) < 4.78 is 5.35. The molecule has 1 aliphatic heterocycles. The SMILES string of the molecule is CCNC(=NCCCCOCC)NCCN1CCCCCC1. The highest BCUT2D eigenvalue weighted by molar-refractivity contribution is 5.79. The van der Waals surface area contributed by atoms with Gasteiger partial charge in [0.1, 0.15) is 0 Å². The number of unbranched alkanes of at least 4 members (excludes halogenated alkanes) is 1. The van der Waals surface area contributed by atoms with Gasteiger partial charge in [-0.05, 0) is 52.6 Å². The average molecular weight is 313 g/mol. The Kier molecular flexibility index (Phi) is 12.1. The van der Waals surface area contributed by atoms with Crippen LogP contribution in [0.15, 0.2) is 4.99 Å². The molecule has 0 unspecified atom stereocenters. The Labute approximate surface area is 136 Å². The highest BCUT2D eigenvalue weighted by Crippen LogP contribution is 2.08. The summed E-state index contributed by atoms with van der Waals surface area (Å²) in [7, 11) is 0. The van der Waals surface area contributed by atoms with Crippen molar-refractivity contribution in [3.63, 3.8) is 0 Å².